The second-order valence-electron chi connectivity index (χ2n) is 4.75. The Morgan fingerprint density at radius 3 is 1.81 bits per heavy atom. The number of rotatable bonds is 2. The lowest BCUT2D eigenvalue weighted by atomic mass is 10.1. The van der Waals surface area contributed by atoms with E-state index in [9.17, 15) is 4.79 Å². The fourth-order valence-electron chi connectivity index (χ4n) is 2.25. The van der Waals surface area contributed by atoms with Crippen molar-refractivity contribution in [2.24, 2.45) is 5.73 Å². The van der Waals surface area contributed by atoms with E-state index in [1.807, 2.05) is 0 Å². The van der Waals surface area contributed by atoms with Gasteiger partial charge in [0, 0.05) is 24.8 Å². The van der Waals surface area contributed by atoms with Crippen molar-refractivity contribution < 1.29 is 4.79 Å². The molecule has 1 aliphatic rings. The molecule has 3 nitrogen and oxygen atoms in total. The van der Waals surface area contributed by atoms with Gasteiger partial charge in [-0.1, -0.05) is 48.6 Å². The van der Waals surface area contributed by atoms with Crippen LogP contribution in [0.1, 0.15) is 17.5 Å². The average Bonchev–Trinajstić information content (AvgIpc) is 2.67. The number of carbonyl (C=O) groups is 1. The predicted molar refractivity (Wildman–Crippen MR) is 89.6 cm³/mol. The topological polar surface area (TPSA) is 46.3 Å². The number of para-hydroxylation sites is 2. The van der Waals surface area contributed by atoms with Crippen molar-refractivity contribution in [3.8, 4) is 0 Å². The predicted octanol–water partition coefficient (Wildman–Crippen LogP) is 3.47. The third-order valence-corrected chi connectivity index (χ3v) is 3.32. The van der Waals surface area contributed by atoms with Gasteiger partial charge in [0.1, 0.15) is 6.29 Å². The second kappa shape index (κ2) is 7.41. The Kier molecular flexibility index (Phi) is 5.29. The Morgan fingerprint density at radius 2 is 1.43 bits per heavy atom. The van der Waals surface area contributed by atoms with E-state index in [-0.39, 0.29) is 0 Å². The molecule has 1 aliphatic heterocycles. The Morgan fingerprint density at radius 1 is 0.952 bits per heavy atom. The molecule has 21 heavy (non-hydrogen) atoms. The molecule has 0 unspecified atom stereocenters. The van der Waals surface area contributed by atoms with E-state index in [4.69, 9.17) is 5.73 Å². The maximum atomic E-state index is 9.32. The molecule has 0 fully saturated rings. The highest BCUT2D eigenvalue weighted by Crippen LogP contribution is 2.34. The Labute approximate surface area is 125 Å². The zero-order chi connectivity index (χ0) is 15.1. The normalized spacial score (nSPS) is 11.6. The summed E-state index contributed by atoms with van der Waals surface area (Å²) in [6, 6.07) is 16.9. The molecule has 0 aliphatic carbocycles. The summed E-state index contributed by atoms with van der Waals surface area (Å²) >= 11 is 0. The average molecular weight is 280 g/mol. The Balaban J connectivity index is 0.000000282. The van der Waals surface area contributed by atoms with Crippen LogP contribution in [-0.4, -0.2) is 19.9 Å². The standard InChI is InChI=1S/C15H13N.C3H7NO/c1-16-14-8-4-2-6-12(14)10-11-13-7-3-5-9-15(13)16;4-2-1-3-5/h2-11H,1H3;3H,1-2,4H2. The molecule has 0 saturated heterocycles. The lowest BCUT2D eigenvalue weighted by Crippen LogP contribution is -2.10. The van der Waals surface area contributed by atoms with Crippen molar-refractivity contribution in [2.45, 2.75) is 6.42 Å². The number of fused-ring (bicyclic) bond motifs is 2. The Bertz CT molecular complexity index is 585. The highest BCUT2D eigenvalue weighted by Gasteiger charge is 2.12. The van der Waals surface area contributed by atoms with Crippen LogP contribution in [0.3, 0.4) is 0 Å². The fourth-order valence-corrected chi connectivity index (χ4v) is 2.25. The van der Waals surface area contributed by atoms with Crippen molar-refractivity contribution >= 4 is 29.8 Å². The molecular formula is C18H20N2O. The number of benzene rings is 2. The van der Waals surface area contributed by atoms with Crippen LogP contribution in [0.15, 0.2) is 48.5 Å². The first-order chi connectivity index (χ1) is 10.3. The van der Waals surface area contributed by atoms with E-state index in [0.29, 0.717) is 13.0 Å². The zero-order valence-electron chi connectivity index (χ0n) is 12.2. The maximum Gasteiger partial charge on any atom is 0.121 e. The SMILES string of the molecule is CN1c2ccccc2C=Cc2ccccc21.NCCC=O. The van der Waals surface area contributed by atoms with E-state index in [1.54, 1.807) is 0 Å². The van der Waals surface area contributed by atoms with Gasteiger partial charge in [-0.3, -0.25) is 0 Å². The smallest absolute Gasteiger partial charge is 0.121 e. The summed E-state index contributed by atoms with van der Waals surface area (Å²) in [5.41, 5.74) is 9.94. The van der Waals surface area contributed by atoms with E-state index in [1.165, 1.54) is 22.5 Å². The quantitative estimate of drug-likeness (QED) is 0.857. The first kappa shape index (κ1) is 15.0. The van der Waals surface area contributed by atoms with Crippen LogP contribution in [0.2, 0.25) is 0 Å². The maximum absolute atomic E-state index is 9.32. The monoisotopic (exact) mass is 280 g/mol. The second-order valence-corrected chi connectivity index (χ2v) is 4.75. The minimum atomic E-state index is 0.476. The van der Waals surface area contributed by atoms with Crippen molar-refractivity contribution in [3.05, 3.63) is 59.7 Å². The van der Waals surface area contributed by atoms with Gasteiger partial charge in [-0.15, -0.1) is 0 Å². The van der Waals surface area contributed by atoms with Crippen LogP contribution in [-0.2, 0) is 4.79 Å². The molecule has 3 heteroatoms. The van der Waals surface area contributed by atoms with Crippen LogP contribution in [0.25, 0.3) is 12.2 Å². The lowest BCUT2D eigenvalue weighted by molar-refractivity contribution is -0.107. The molecule has 3 rings (SSSR count). The van der Waals surface area contributed by atoms with Crippen molar-refractivity contribution in [1.82, 2.24) is 0 Å². The molecular weight excluding hydrogens is 260 g/mol. The van der Waals surface area contributed by atoms with Crippen molar-refractivity contribution in [2.75, 3.05) is 18.5 Å². The van der Waals surface area contributed by atoms with Gasteiger partial charge in [0.15, 0.2) is 0 Å². The molecule has 2 N–H and O–H groups in total. The summed E-state index contributed by atoms with van der Waals surface area (Å²) in [5, 5.41) is 0. The molecule has 0 bridgehead atoms. The fraction of sp³-hybridized carbons (Fsp3) is 0.167. The summed E-state index contributed by atoms with van der Waals surface area (Å²) in [6.45, 7) is 0.476. The van der Waals surface area contributed by atoms with Crippen LogP contribution in [0.5, 0.6) is 0 Å². The molecule has 0 spiro atoms. The van der Waals surface area contributed by atoms with Crippen molar-refractivity contribution in [3.63, 3.8) is 0 Å². The number of anilines is 2. The number of hydrogen-bond acceptors (Lipinski definition) is 3. The molecule has 0 amide bonds. The molecule has 0 saturated carbocycles. The number of hydrogen-bond donors (Lipinski definition) is 1. The van der Waals surface area contributed by atoms with Crippen LogP contribution >= 0.6 is 0 Å². The van der Waals surface area contributed by atoms with Gasteiger partial charge in [0.25, 0.3) is 0 Å². The van der Waals surface area contributed by atoms with Gasteiger partial charge < -0.3 is 15.4 Å². The highest BCUT2D eigenvalue weighted by molar-refractivity contribution is 5.88. The molecule has 0 radical (unpaired) electrons. The molecule has 2 aromatic rings. The van der Waals surface area contributed by atoms with E-state index in [2.05, 4.69) is 72.6 Å². The summed E-state index contributed by atoms with van der Waals surface area (Å²) in [4.78, 5) is 11.6. The summed E-state index contributed by atoms with van der Waals surface area (Å²) in [6.07, 6.45) is 5.65. The molecule has 108 valence electrons. The summed E-state index contributed by atoms with van der Waals surface area (Å²) in [7, 11) is 2.12. The summed E-state index contributed by atoms with van der Waals surface area (Å²) < 4.78 is 0. The number of aldehydes is 1. The van der Waals surface area contributed by atoms with Crippen LogP contribution in [0, 0.1) is 0 Å². The van der Waals surface area contributed by atoms with Gasteiger partial charge in [0.2, 0.25) is 0 Å². The minimum absolute atomic E-state index is 0.476. The molecule has 1 heterocycles. The molecule has 0 aromatic heterocycles. The first-order valence-corrected chi connectivity index (χ1v) is 7.01. The third-order valence-electron chi connectivity index (χ3n) is 3.32. The minimum Gasteiger partial charge on any atom is -0.344 e. The number of nitrogens with two attached hydrogens (primary N) is 1. The Hall–Kier alpha value is -2.39. The van der Waals surface area contributed by atoms with Gasteiger partial charge >= 0.3 is 0 Å². The highest BCUT2D eigenvalue weighted by atomic mass is 16.1. The van der Waals surface area contributed by atoms with Gasteiger partial charge in [0.05, 0.1) is 0 Å². The van der Waals surface area contributed by atoms with Gasteiger partial charge in [-0.2, -0.15) is 0 Å². The van der Waals surface area contributed by atoms with Crippen LogP contribution in [0.4, 0.5) is 11.4 Å². The van der Waals surface area contributed by atoms with E-state index >= 15 is 0 Å². The number of carbonyl (C=O) groups excluding carboxylic acids is 1. The third kappa shape index (κ3) is 3.58. The lowest BCUT2D eigenvalue weighted by Gasteiger charge is -2.21. The van der Waals surface area contributed by atoms with Gasteiger partial charge in [-0.05, 0) is 29.8 Å². The van der Waals surface area contributed by atoms with Crippen LogP contribution < -0.4 is 10.6 Å². The molecule has 0 atom stereocenters. The first-order valence-electron chi connectivity index (χ1n) is 7.01. The van der Waals surface area contributed by atoms with E-state index in [0.717, 1.165) is 6.29 Å². The van der Waals surface area contributed by atoms with Gasteiger partial charge in [-0.25, -0.2) is 0 Å². The van der Waals surface area contributed by atoms with E-state index < -0.39 is 0 Å². The number of nitrogens with zero attached hydrogens (tertiary/aromatic N) is 1. The summed E-state index contributed by atoms with van der Waals surface area (Å²) in [5.74, 6) is 0. The van der Waals surface area contributed by atoms with Crippen molar-refractivity contribution in [1.29, 1.82) is 0 Å². The zero-order valence-corrected chi connectivity index (χ0v) is 12.2. The largest absolute Gasteiger partial charge is 0.344 e. The molecule has 2 aromatic carbocycles.